The van der Waals surface area contributed by atoms with Crippen molar-refractivity contribution >= 4 is 41.7 Å². The van der Waals surface area contributed by atoms with Crippen LogP contribution in [-0.4, -0.2) is 75.8 Å². The van der Waals surface area contributed by atoms with Gasteiger partial charge in [0, 0.05) is 6.07 Å². The number of aryl methyl sites for hydroxylation is 1. The Hall–Kier alpha value is -3.62. The summed E-state index contributed by atoms with van der Waals surface area (Å²) in [5, 5.41) is 22.7. The van der Waals surface area contributed by atoms with Crippen LogP contribution in [0.4, 0.5) is 11.4 Å². The molecule has 0 radical (unpaired) electrons. The molecule has 0 spiro atoms. The SMILES string of the molecule is COc1cc(OC)c(S(=O)(=O)O)cc1/N=N/c1c(C)nn(-c2ccc(S(=O)(=O)CCOS(=O)(=O)O)cc2)c1O. The van der Waals surface area contributed by atoms with Gasteiger partial charge in [-0.1, -0.05) is 0 Å². The van der Waals surface area contributed by atoms with Crippen LogP contribution in [0.1, 0.15) is 5.69 Å². The molecule has 0 saturated carbocycles. The fraction of sp³-hybridized carbons (Fsp3) is 0.250. The van der Waals surface area contributed by atoms with E-state index in [1.165, 1.54) is 51.5 Å². The molecule has 0 fully saturated rings. The molecule has 0 atom stereocenters. The average molecular weight is 607 g/mol. The summed E-state index contributed by atoms with van der Waals surface area (Å²) >= 11 is 0. The fourth-order valence-corrected chi connectivity index (χ4v) is 5.35. The third-order valence-corrected chi connectivity index (χ3v) is 8.06. The van der Waals surface area contributed by atoms with E-state index in [0.717, 1.165) is 10.7 Å². The van der Waals surface area contributed by atoms with Gasteiger partial charge in [0.1, 0.15) is 22.1 Å². The molecule has 16 nitrogen and oxygen atoms in total. The van der Waals surface area contributed by atoms with Gasteiger partial charge in [0.25, 0.3) is 10.1 Å². The number of rotatable bonds is 11. The first-order valence-corrected chi connectivity index (χ1v) is 14.9. The van der Waals surface area contributed by atoms with Crippen molar-refractivity contribution in [2.24, 2.45) is 10.2 Å². The summed E-state index contributed by atoms with van der Waals surface area (Å²) in [6.07, 6.45) is 0. The maximum atomic E-state index is 12.4. The van der Waals surface area contributed by atoms with Crippen molar-refractivity contribution in [3.05, 3.63) is 42.1 Å². The molecular formula is C20H22N4O12S3. The van der Waals surface area contributed by atoms with Crippen molar-refractivity contribution in [1.82, 2.24) is 9.78 Å². The zero-order valence-corrected chi connectivity index (χ0v) is 22.9. The number of aromatic nitrogens is 2. The van der Waals surface area contributed by atoms with E-state index >= 15 is 0 Å². The first-order chi connectivity index (χ1) is 18.1. The fourth-order valence-electron chi connectivity index (χ4n) is 3.20. The molecule has 0 bridgehead atoms. The summed E-state index contributed by atoms with van der Waals surface area (Å²) in [6, 6.07) is 7.15. The molecule has 0 aliphatic rings. The van der Waals surface area contributed by atoms with E-state index in [2.05, 4.69) is 19.5 Å². The zero-order chi connectivity index (χ0) is 29.2. The number of nitrogens with zero attached hydrogens (tertiary/aromatic N) is 4. The number of azo groups is 1. The predicted octanol–water partition coefficient (Wildman–Crippen LogP) is 2.16. The van der Waals surface area contributed by atoms with Gasteiger partial charge in [0.2, 0.25) is 5.88 Å². The Kier molecular flexibility index (Phi) is 8.63. The average Bonchev–Trinajstić information content (AvgIpc) is 3.13. The van der Waals surface area contributed by atoms with Crippen molar-refractivity contribution in [3.8, 4) is 23.1 Å². The van der Waals surface area contributed by atoms with E-state index in [0.29, 0.717) is 0 Å². The number of hydrogen-bond donors (Lipinski definition) is 3. The van der Waals surface area contributed by atoms with Crippen LogP contribution < -0.4 is 9.47 Å². The van der Waals surface area contributed by atoms with E-state index in [1.54, 1.807) is 0 Å². The van der Waals surface area contributed by atoms with Gasteiger partial charge in [-0.25, -0.2) is 12.6 Å². The summed E-state index contributed by atoms with van der Waals surface area (Å²) in [6.45, 7) is 0.703. The number of aromatic hydroxyl groups is 1. The molecule has 0 unspecified atom stereocenters. The van der Waals surface area contributed by atoms with Crippen molar-refractivity contribution in [1.29, 1.82) is 0 Å². The normalized spacial score (nSPS) is 12.6. The monoisotopic (exact) mass is 606 g/mol. The van der Waals surface area contributed by atoms with Gasteiger partial charge in [0.05, 0.1) is 42.9 Å². The van der Waals surface area contributed by atoms with Crippen molar-refractivity contribution in [2.75, 3.05) is 26.6 Å². The molecule has 39 heavy (non-hydrogen) atoms. The predicted molar refractivity (Wildman–Crippen MR) is 133 cm³/mol. The van der Waals surface area contributed by atoms with Gasteiger partial charge in [-0.15, -0.1) is 10.2 Å². The summed E-state index contributed by atoms with van der Waals surface area (Å²) in [7, 11) is -11.0. The second-order valence-electron chi connectivity index (χ2n) is 7.58. The molecule has 1 aromatic heterocycles. The van der Waals surface area contributed by atoms with Crippen molar-refractivity contribution in [2.45, 2.75) is 16.7 Å². The van der Waals surface area contributed by atoms with Crippen molar-refractivity contribution in [3.63, 3.8) is 0 Å². The summed E-state index contributed by atoms with van der Waals surface area (Å²) in [5.74, 6) is -1.37. The van der Waals surface area contributed by atoms with Crippen LogP contribution >= 0.6 is 0 Å². The second-order valence-corrected chi connectivity index (χ2v) is 12.2. The van der Waals surface area contributed by atoms with E-state index in [1.807, 2.05) is 0 Å². The largest absolute Gasteiger partial charge is 0.495 e. The lowest BCUT2D eigenvalue weighted by atomic mass is 10.3. The van der Waals surface area contributed by atoms with Crippen LogP contribution in [0.3, 0.4) is 0 Å². The minimum atomic E-state index is -4.79. The number of hydrogen-bond acceptors (Lipinski definition) is 13. The lowest BCUT2D eigenvalue weighted by Gasteiger charge is -2.10. The highest BCUT2D eigenvalue weighted by molar-refractivity contribution is 7.91. The maximum absolute atomic E-state index is 12.4. The van der Waals surface area contributed by atoms with Crippen molar-refractivity contribution < 1.29 is 53.1 Å². The summed E-state index contributed by atoms with van der Waals surface area (Å²) in [5.41, 5.74) is 0.184. The molecule has 2 aromatic carbocycles. The Morgan fingerprint density at radius 3 is 2.08 bits per heavy atom. The molecule has 212 valence electrons. The molecular weight excluding hydrogens is 584 g/mol. The quantitative estimate of drug-likeness (QED) is 0.210. The minimum Gasteiger partial charge on any atom is -0.495 e. The Morgan fingerprint density at radius 2 is 1.54 bits per heavy atom. The molecule has 1 heterocycles. The van der Waals surface area contributed by atoms with E-state index < -0.39 is 53.5 Å². The molecule has 0 amide bonds. The summed E-state index contributed by atoms with van der Waals surface area (Å²) in [4.78, 5) is -0.773. The van der Waals surface area contributed by atoms with Gasteiger partial charge in [0.15, 0.2) is 15.5 Å². The Bertz CT molecular complexity index is 1730. The topological polar surface area (TPSA) is 233 Å². The first kappa shape index (κ1) is 29.9. The molecule has 0 aliphatic carbocycles. The standard InChI is InChI=1S/C20H22N4O12S3/c1-12-19(22-21-15-10-18(38(28,29)30)17(35-3)11-16(15)34-2)20(25)24(23-12)13-4-6-14(7-5-13)37(26,27)9-8-36-39(31,32)33/h4-7,10-11,25H,8-9H2,1-3H3,(H,28,29,30)(H,31,32,33)/b22-21+. The van der Waals surface area contributed by atoms with Crippen LogP contribution in [-0.2, 0) is 34.5 Å². The molecule has 19 heteroatoms. The molecule has 0 saturated heterocycles. The summed E-state index contributed by atoms with van der Waals surface area (Å²) < 4.78 is 103. The van der Waals surface area contributed by atoms with Crippen LogP contribution in [0.25, 0.3) is 5.69 Å². The molecule has 3 aromatic rings. The van der Waals surface area contributed by atoms with E-state index in [4.69, 9.17) is 14.0 Å². The lowest BCUT2D eigenvalue weighted by molar-refractivity contribution is 0.284. The van der Waals surface area contributed by atoms with Gasteiger partial charge in [-0.3, -0.25) is 9.11 Å². The van der Waals surface area contributed by atoms with Crippen LogP contribution in [0.2, 0.25) is 0 Å². The highest BCUT2D eigenvalue weighted by Crippen LogP contribution is 2.39. The third-order valence-electron chi connectivity index (χ3n) is 5.03. The molecule has 3 rings (SSSR count). The van der Waals surface area contributed by atoms with Gasteiger partial charge in [-0.05, 0) is 37.3 Å². The Balaban J connectivity index is 1.92. The van der Waals surface area contributed by atoms with Gasteiger partial charge >= 0.3 is 10.4 Å². The Labute approximate surface area is 223 Å². The van der Waals surface area contributed by atoms with E-state index in [-0.39, 0.29) is 39.2 Å². The highest BCUT2D eigenvalue weighted by Gasteiger charge is 2.22. The van der Waals surface area contributed by atoms with E-state index in [9.17, 15) is 34.9 Å². The van der Waals surface area contributed by atoms with Crippen LogP contribution in [0.15, 0.2) is 56.4 Å². The smallest absolute Gasteiger partial charge is 0.397 e. The molecule has 3 N–H and O–H groups in total. The number of sulfone groups is 1. The van der Waals surface area contributed by atoms with Gasteiger partial charge in [-0.2, -0.15) is 26.6 Å². The molecule has 0 aliphatic heterocycles. The van der Waals surface area contributed by atoms with Crippen LogP contribution in [0, 0.1) is 6.92 Å². The van der Waals surface area contributed by atoms with Gasteiger partial charge < -0.3 is 14.6 Å². The second kappa shape index (κ2) is 11.2. The minimum absolute atomic E-state index is 0.0475. The van der Waals surface area contributed by atoms with Crippen LogP contribution in [0.5, 0.6) is 17.4 Å². The Morgan fingerprint density at radius 1 is 0.923 bits per heavy atom. The lowest BCUT2D eigenvalue weighted by Crippen LogP contribution is -2.15. The number of benzene rings is 2. The zero-order valence-electron chi connectivity index (χ0n) is 20.4. The maximum Gasteiger partial charge on any atom is 0.397 e. The number of ether oxygens (including phenoxy) is 2. The first-order valence-electron chi connectivity index (χ1n) is 10.5. The highest BCUT2D eigenvalue weighted by atomic mass is 32.3. The number of methoxy groups -OCH3 is 2. The third kappa shape index (κ3) is 7.07.